The van der Waals surface area contributed by atoms with Gasteiger partial charge in [-0.05, 0) is 90.7 Å². The number of nitrogens with zero attached hydrogens (tertiary/aromatic N) is 3. The fraction of sp³-hybridized carbons (Fsp3) is 0.163. The SMILES string of the molecule is CC1(C)CCC(C)(C)c2cc(-c3cccc(-c4nc(-c5ccc(-c6ccccc6)cc5)nc(-c5ccc6ccc7ccccc7c6c5)n4)c3)ccc21. The summed E-state index contributed by atoms with van der Waals surface area (Å²) in [5.41, 5.74) is 10.8. The first-order chi connectivity index (χ1) is 25.2. The molecule has 0 aliphatic heterocycles. The predicted molar refractivity (Wildman–Crippen MR) is 217 cm³/mol. The van der Waals surface area contributed by atoms with Gasteiger partial charge in [-0.25, -0.2) is 15.0 Å². The van der Waals surface area contributed by atoms with Crippen molar-refractivity contribution in [3.63, 3.8) is 0 Å². The number of rotatable bonds is 5. The van der Waals surface area contributed by atoms with E-state index in [1.165, 1.54) is 56.6 Å². The Morgan fingerprint density at radius 1 is 0.346 bits per heavy atom. The molecule has 52 heavy (non-hydrogen) atoms. The minimum atomic E-state index is 0.137. The summed E-state index contributed by atoms with van der Waals surface area (Å²) in [6.45, 7) is 9.53. The average molecular weight is 672 g/mol. The van der Waals surface area contributed by atoms with Crippen LogP contribution in [0.2, 0.25) is 0 Å². The Bertz CT molecular complexity index is 2620. The fourth-order valence-corrected chi connectivity index (χ4v) is 7.95. The topological polar surface area (TPSA) is 38.7 Å². The van der Waals surface area contributed by atoms with Gasteiger partial charge in [0, 0.05) is 16.7 Å². The van der Waals surface area contributed by atoms with E-state index in [2.05, 4.69) is 173 Å². The van der Waals surface area contributed by atoms with E-state index < -0.39 is 0 Å². The zero-order chi connectivity index (χ0) is 35.5. The van der Waals surface area contributed by atoms with Crippen molar-refractivity contribution in [2.45, 2.75) is 51.4 Å². The summed E-state index contributed by atoms with van der Waals surface area (Å²) < 4.78 is 0. The van der Waals surface area contributed by atoms with Crippen LogP contribution >= 0.6 is 0 Å². The van der Waals surface area contributed by atoms with Crippen molar-refractivity contribution < 1.29 is 0 Å². The molecule has 0 N–H and O–H groups in total. The van der Waals surface area contributed by atoms with Gasteiger partial charge in [-0.15, -0.1) is 0 Å². The molecule has 9 rings (SSSR count). The third-order valence-electron chi connectivity index (χ3n) is 11.2. The lowest BCUT2D eigenvalue weighted by molar-refractivity contribution is 0.332. The zero-order valence-electron chi connectivity index (χ0n) is 30.2. The van der Waals surface area contributed by atoms with Crippen molar-refractivity contribution in [2.24, 2.45) is 0 Å². The van der Waals surface area contributed by atoms with Gasteiger partial charge in [-0.3, -0.25) is 0 Å². The van der Waals surface area contributed by atoms with Gasteiger partial charge in [0.25, 0.3) is 0 Å². The van der Waals surface area contributed by atoms with Crippen molar-refractivity contribution in [1.82, 2.24) is 15.0 Å². The van der Waals surface area contributed by atoms with E-state index in [-0.39, 0.29) is 10.8 Å². The molecular formula is C49H41N3. The molecule has 0 spiro atoms. The van der Waals surface area contributed by atoms with Crippen LogP contribution in [0.5, 0.6) is 0 Å². The normalized spacial score (nSPS) is 14.7. The molecule has 0 bridgehead atoms. The van der Waals surface area contributed by atoms with Crippen LogP contribution in [-0.4, -0.2) is 15.0 Å². The monoisotopic (exact) mass is 671 g/mol. The Labute approximate surface area is 306 Å². The van der Waals surface area contributed by atoms with Gasteiger partial charge in [0.05, 0.1) is 0 Å². The standard InChI is InChI=1S/C49H41N3/c1-48(2)27-28-49(3,4)44-31-38(25-26-43(44)48)37-14-10-15-39(29-37)46-50-45(36-22-17-33(18-23-36)32-11-6-5-7-12-32)51-47(52-46)40-24-21-35-20-19-34-13-8-9-16-41(34)42(35)30-40/h5-26,29-31H,27-28H2,1-4H3. The highest BCUT2D eigenvalue weighted by molar-refractivity contribution is 6.08. The Hall–Kier alpha value is -5.93. The molecule has 1 aliphatic carbocycles. The number of hydrogen-bond donors (Lipinski definition) is 0. The largest absolute Gasteiger partial charge is 0.208 e. The smallest absolute Gasteiger partial charge is 0.164 e. The lowest BCUT2D eigenvalue weighted by Crippen LogP contribution is -2.33. The van der Waals surface area contributed by atoms with E-state index in [1.807, 2.05) is 6.07 Å². The van der Waals surface area contributed by atoms with Crippen LogP contribution in [-0.2, 0) is 10.8 Å². The molecule has 0 radical (unpaired) electrons. The maximum atomic E-state index is 5.18. The Balaban J connectivity index is 1.18. The number of aromatic nitrogens is 3. The van der Waals surface area contributed by atoms with Gasteiger partial charge in [0.2, 0.25) is 0 Å². The zero-order valence-corrected chi connectivity index (χ0v) is 30.2. The summed E-state index contributed by atoms with van der Waals surface area (Å²) in [6, 6.07) is 54.2. The highest BCUT2D eigenvalue weighted by atomic mass is 15.0. The van der Waals surface area contributed by atoms with Crippen LogP contribution in [0.25, 0.3) is 78.0 Å². The molecule has 0 unspecified atom stereocenters. The Morgan fingerprint density at radius 2 is 0.827 bits per heavy atom. The molecule has 1 aliphatic rings. The molecule has 3 heteroatoms. The summed E-state index contributed by atoms with van der Waals surface area (Å²) in [5, 5.41) is 4.82. The van der Waals surface area contributed by atoms with Crippen molar-refractivity contribution in [1.29, 1.82) is 0 Å². The highest BCUT2D eigenvalue weighted by Gasteiger charge is 2.37. The lowest BCUT2D eigenvalue weighted by Gasteiger charge is -2.42. The predicted octanol–water partition coefficient (Wildman–Crippen LogP) is 12.9. The maximum absolute atomic E-state index is 5.18. The second-order valence-corrected chi connectivity index (χ2v) is 15.6. The fourth-order valence-electron chi connectivity index (χ4n) is 7.95. The first-order valence-electron chi connectivity index (χ1n) is 18.3. The third kappa shape index (κ3) is 5.77. The second kappa shape index (κ2) is 12.4. The summed E-state index contributed by atoms with van der Waals surface area (Å²) in [7, 11) is 0. The van der Waals surface area contributed by atoms with Crippen molar-refractivity contribution in [3.05, 3.63) is 163 Å². The van der Waals surface area contributed by atoms with Crippen LogP contribution in [0.1, 0.15) is 51.7 Å². The van der Waals surface area contributed by atoms with Crippen molar-refractivity contribution in [3.8, 4) is 56.4 Å². The minimum Gasteiger partial charge on any atom is -0.208 e. The summed E-state index contributed by atoms with van der Waals surface area (Å²) in [4.78, 5) is 15.4. The van der Waals surface area contributed by atoms with Crippen molar-refractivity contribution in [2.75, 3.05) is 0 Å². The molecule has 1 heterocycles. The molecule has 3 nitrogen and oxygen atoms in total. The average Bonchev–Trinajstić information content (AvgIpc) is 3.19. The van der Waals surface area contributed by atoms with Crippen LogP contribution in [0.3, 0.4) is 0 Å². The van der Waals surface area contributed by atoms with E-state index >= 15 is 0 Å². The number of fused-ring (bicyclic) bond motifs is 4. The first-order valence-corrected chi connectivity index (χ1v) is 18.3. The van der Waals surface area contributed by atoms with Gasteiger partial charge >= 0.3 is 0 Å². The highest BCUT2D eigenvalue weighted by Crippen LogP contribution is 2.47. The van der Waals surface area contributed by atoms with Gasteiger partial charge in [-0.1, -0.05) is 167 Å². The van der Waals surface area contributed by atoms with Gasteiger partial charge in [0.1, 0.15) is 0 Å². The summed E-state index contributed by atoms with van der Waals surface area (Å²) in [6.07, 6.45) is 2.39. The molecule has 0 saturated heterocycles. The van der Waals surface area contributed by atoms with E-state index in [0.717, 1.165) is 27.8 Å². The summed E-state index contributed by atoms with van der Waals surface area (Å²) >= 11 is 0. The second-order valence-electron chi connectivity index (χ2n) is 15.6. The molecule has 7 aromatic carbocycles. The quantitative estimate of drug-likeness (QED) is 0.171. The van der Waals surface area contributed by atoms with Crippen molar-refractivity contribution >= 4 is 21.5 Å². The van der Waals surface area contributed by atoms with E-state index in [1.54, 1.807) is 0 Å². The lowest BCUT2D eigenvalue weighted by atomic mass is 9.63. The van der Waals surface area contributed by atoms with Crippen LogP contribution in [0.4, 0.5) is 0 Å². The Morgan fingerprint density at radius 3 is 1.58 bits per heavy atom. The minimum absolute atomic E-state index is 0.137. The number of benzene rings is 7. The Kier molecular flexibility index (Phi) is 7.62. The van der Waals surface area contributed by atoms with Gasteiger partial charge in [-0.2, -0.15) is 0 Å². The third-order valence-corrected chi connectivity index (χ3v) is 11.2. The molecule has 0 fully saturated rings. The molecule has 0 atom stereocenters. The van der Waals surface area contributed by atoms with Crippen LogP contribution < -0.4 is 0 Å². The van der Waals surface area contributed by atoms with E-state index in [4.69, 9.17) is 15.0 Å². The van der Waals surface area contributed by atoms with E-state index in [9.17, 15) is 0 Å². The van der Waals surface area contributed by atoms with Gasteiger partial charge < -0.3 is 0 Å². The van der Waals surface area contributed by atoms with Gasteiger partial charge in [0.15, 0.2) is 17.5 Å². The molecule has 252 valence electrons. The first kappa shape index (κ1) is 32.0. The molecule has 8 aromatic rings. The number of hydrogen-bond acceptors (Lipinski definition) is 3. The molecule has 1 aromatic heterocycles. The molecule has 0 amide bonds. The summed E-state index contributed by atoms with van der Waals surface area (Å²) in [5.74, 6) is 1.97. The molecular weight excluding hydrogens is 631 g/mol. The molecule has 0 saturated carbocycles. The van der Waals surface area contributed by atoms with Crippen LogP contribution in [0.15, 0.2) is 152 Å². The van der Waals surface area contributed by atoms with E-state index in [0.29, 0.717) is 17.5 Å². The maximum Gasteiger partial charge on any atom is 0.164 e. The van der Waals surface area contributed by atoms with Crippen LogP contribution in [0, 0.1) is 0 Å².